The monoisotopic (exact) mass is 271 g/mol. The van der Waals surface area contributed by atoms with Crippen molar-refractivity contribution in [3.63, 3.8) is 0 Å². The molecule has 1 heterocycles. The van der Waals surface area contributed by atoms with Crippen LogP contribution in [0.3, 0.4) is 0 Å². The summed E-state index contributed by atoms with van der Waals surface area (Å²) in [6.07, 6.45) is 1.26. The Morgan fingerprint density at radius 2 is 2.11 bits per heavy atom. The maximum atomic E-state index is 13.0. The summed E-state index contributed by atoms with van der Waals surface area (Å²) in [6, 6.07) is 1.95. The summed E-state index contributed by atoms with van der Waals surface area (Å²) in [5.41, 5.74) is 5.82. The highest BCUT2D eigenvalue weighted by atomic mass is 32.2. The van der Waals surface area contributed by atoms with E-state index in [-0.39, 0.29) is 9.80 Å². The van der Waals surface area contributed by atoms with Gasteiger partial charge in [-0.05, 0) is 23.8 Å². The van der Waals surface area contributed by atoms with Crippen LogP contribution >= 0.6 is 0 Å². The first-order valence-electron chi connectivity index (χ1n) is 4.97. The Bertz CT molecular complexity index is 651. The highest BCUT2D eigenvalue weighted by molar-refractivity contribution is 7.96. The standard InChI is InChI=1S/C11H10FNO4S/c1-17-11(14)10(13)9-4-6-2-3-7(12)5-8(6)18(9,15)16/h2-5,10H,13H2,1H3. The molecule has 0 fully saturated rings. The Morgan fingerprint density at radius 3 is 2.72 bits per heavy atom. The molecular weight excluding hydrogens is 261 g/mol. The van der Waals surface area contributed by atoms with E-state index in [1.54, 1.807) is 0 Å². The molecule has 0 aromatic heterocycles. The summed E-state index contributed by atoms with van der Waals surface area (Å²) >= 11 is 0. The molecule has 1 aromatic rings. The molecule has 1 aliphatic rings. The number of rotatable bonds is 2. The van der Waals surface area contributed by atoms with Crippen molar-refractivity contribution in [1.29, 1.82) is 0 Å². The lowest BCUT2D eigenvalue weighted by Crippen LogP contribution is -2.35. The number of esters is 1. The van der Waals surface area contributed by atoms with Gasteiger partial charge in [0.2, 0.25) is 9.84 Å². The van der Waals surface area contributed by atoms with Crippen molar-refractivity contribution in [2.24, 2.45) is 5.73 Å². The summed E-state index contributed by atoms with van der Waals surface area (Å²) in [6.45, 7) is 0. The fourth-order valence-electron chi connectivity index (χ4n) is 1.72. The fourth-order valence-corrected chi connectivity index (χ4v) is 3.39. The van der Waals surface area contributed by atoms with Gasteiger partial charge in [-0.3, -0.25) is 0 Å². The molecule has 0 aliphatic carbocycles. The summed E-state index contributed by atoms with van der Waals surface area (Å²) in [4.78, 5) is 10.8. The van der Waals surface area contributed by atoms with Gasteiger partial charge in [-0.15, -0.1) is 0 Å². The average molecular weight is 271 g/mol. The third kappa shape index (κ3) is 1.81. The van der Waals surface area contributed by atoms with E-state index >= 15 is 0 Å². The number of carbonyl (C=O) groups is 1. The number of hydrogen-bond donors (Lipinski definition) is 1. The van der Waals surface area contributed by atoms with Crippen molar-refractivity contribution in [3.8, 4) is 0 Å². The van der Waals surface area contributed by atoms with Crippen LogP contribution in [0.2, 0.25) is 0 Å². The number of nitrogens with two attached hydrogens (primary N) is 1. The molecule has 1 unspecified atom stereocenters. The highest BCUT2D eigenvalue weighted by Crippen LogP contribution is 2.34. The molecule has 1 aliphatic heterocycles. The number of ether oxygens (including phenoxy) is 1. The molecule has 0 amide bonds. The van der Waals surface area contributed by atoms with E-state index in [1.807, 2.05) is 0 Å². The predicted molar refractivity (Wildman–Crippen MR) is 61.6 cm³/mol. The first kappa shape index (κ1) is 12.7. The summed E-state index contributed by atoms with van der Waals surface area (Å²) in [5, 5.41) is 0. The third-order valence-electron chi connectivity index (χ3n) is 2.63. The van der Waals surface area contributed by atoms with Gasteiger partial charge >= 0.3 is 5.97 Å². The van der Waals surface area contributed by atoms with E-state index < -0.39 is 27.7 Å². The number of sulfone groups is 1. The van der Waals surface area contributed by atoms with Crippen LogP contribution in [0, 0.1) is 5.82 Å². The van der Waals surface area contributed by atoms with Crippen molar-refractivity contribution < 1.29 is 22.3 Å². The van der Waals surface area contributed by atoms with Crippen LogP contribution in [-0.4, -0.2) is 27.5 Å². The van der Waals surface area contributed by atoms with Gasteiger partial charge in [0.25, 0.3) is 0 Å². The lowest BCUT2D eigenvalue weighted by molar-refractivity contribution is -0.141. The minimum atomic E-state index is -3.93. The van der Waals surface area contributed by atoms with Crippen LogP contribution in [0.5, 0.6) is 0 Å². The van der Waals surface area contributed by atoms with Gasteiger partial charge < -0.3 is 10.5 Å². The molecule has 1 atom stereocenters. The number of hydrogen-bond acceptors (Lipinski definition) is 5. The quantitative estimate of drug-likeness (QED) is 0.789. The van der Waals surface area contributed by atoms with E-state index in [0.717, 1.165) is 19.2 Å². The third-order valence-corrected chi connectivity index (χ3v) is 4.56. The summed E-state index contributed by atoms with van der Waals surface area (Å²) in [5.74, 6) is -1.53. The Morgan fingerprint density at radius 1 is 1.44 bits per heavy atom. The maximum absolute atomic E-state index is 13.0. The van der Waals surface area contributed by atoms with Gasteiger partial charge in [0.15, 0.2) is 0 Å². The first-order valence-corrected chi connectivity index (χ1v) is 6.46. The second-order valence-corrected chi connectivity index (χ2v) is 5.65. The van der Waals surface area contributed by atoms with Crippen molar-refractivity contribution >= 4 is 21.9 Å². The molecular formula is C11H10FNO4S. The Kier molecular flexibility index (Phi) is 2.95. The number of fused-ring (bicyclic) bond motifs is 1. The second kappa shape index (κ2) is 4.18. The van der Waals surface area contributed by atoms with Crippen LogP contribution in [-0.2, 0) is 19.4 Å². The normalized spacial score (nSPS) is 17.8. The zero-order valence-corrected chi connectivity index (χ0v) is 10.2. The minimum absolute atomic E-state index is 0.183. The summed E-state index contributed by atoms with van der Waals surface area (Å²) < 4.78 is 41.6. The molecule has 96 valence electrons. The zero-order chi connectivity index (χ0) is 13.5. The van der Waals surface area contributed by atoms with Gasteiger partial charge in [0, 0.05) is 0 Å². The first-order chi connectivity index (χ1) is 8.37. The molecule has 0 radical (unpaired) electrons. The van der Waals surface area contributed by atoms with Crippen LogP contribution < -0.4 is 5.73 Å². The average Bonchev–Trinajstić information content (AvgIpc) is 2.59. The SMILES string of the molecule is COC(=O)C(N)C1=Cc2ccc(F)cc2S1(=O)=O. The fraction of sp³-hybridized carbons (Fsp3) is 0.182. The molecule has 0 saturated heterocycles. The van der Waals surface area contributed by atoms with Gasteiger partial charge in [-0.2, -0.15) is 0 Å². The van der Waals surface area contributed by atoms with Crippen LogP contribution in [0.1, 0.15) is 5.56 Å². The molecule has 0 bridgehead atoms. The highest BCUT2D eigenvalue weighted by Gasteiger charge is 2.36. The Labute approximate surface area is 103 Å². The van der Waals surface area contributed by atoms with Crippen LogP contribution in [0.25, 0.3) is 6.08 Å². The molecule has 18 heavy (non-hydrogen) atoms. The maximum Gasteiger partial charge on any atom is 0.328 e. The molecule has 2 rings (SSSR count). The van der Waals surface area contributed by atoms with E-state index in [0.29, 0.717) is 5.56 Å². The molecule has 0 spiro atoms. The molecule has 0 saturated carbocycles. The van der Waals surface area contributed by atoms with E-state index in [4.69, 9.17) is 5.73 Å². The smallest absolute Gasteiger partial charge is 0.328 e. The van der Waals surface area contributed by atoms with E-state index in [1.165, 1.54) is 12.1 Å². The van der Waals surface area contributed by atoms with E-state index in [2.05, 4.69) is 4.74 Å². The lowest BCUT2D eigenvalue weighted by Gasteiger charge is -2.10. The van der Waals surface area contributed by atoms with Crippen molar-refractivity contribution in [2.45, 2.75) is 10.9 Å². The number of benzene rings is 1. The van der Waals surface area contributed by atoms with Crippen molar-refractivity contribution in [3.05, 3.63) is 34.5 Å². The number of methoxy groups -OCH3 is 1. The number of carbonyl (C=O) groups excluding carboxylic acids is 1. The minimum Gasteiger partial charge on any atom is -0.468 e. The van der Waals surface area contributed by atoms with Gasteiger partial charge in [0.1, 0.15) is 11.9 Å². The van der Waals surface area contributed by atoms with Crippen molar-refractivity contribution in [2.75, 3.05) is 7.11 Å². The molecule has 2 N–H and O–H groups in total. The second-order valence-electron chi connectivity index (χ2n) is 3.73. The molecule has 5 nitrogen and oxygen atoms in total. The van der Waals surface area contributed by atoms with Crippen LogP contribution in [0.15, 0.2) is 28.0 Å². The van der Waals surface area contributed by atoms with Gasteiger partial charge in [-0.25, -0.2) is 17.6 Å². The molecule has 1 aromatic carbocycles. The largest absolute Gasteiger partial charge is 0.468 e. The lowest BCUT2D eigenvalue weighted by atomic mass is 10.2. The molecule has 7 heteroatoms. The Hall–Kier alpha value is -1.73. The zero-order valence-electron chi connectivity index (χ0n) is 9.38. The van der Waals surface area contributed by atoms with Gasteiger partial charge in [-0.1, -0.05) is 6.07 Å². The van der Waals surface area contributed by atoms with Gasteiger partial charge in [0.05, 0.1) is 16.9 Å². The predicted octanol–water partition coefficient (Wildman–Crippen LogP) is 0.454. The Balaban J connectivity index is 2.54. The van der Waals surface area contributed by atoms with Crippen molar-refractivity contribution in [1.82, 2.24) is 0 Å². The number of halogens is 1. The topological polar surface area (TPSA) is 86.5 Å². The van der Waals surface area contributed by atoms with Crippen LogP contribution in [0.4, 0.5) is 4.39 Å². The van der Waals surface area contributed by atoms with E-state index in [9.17, 15) is 17.6 Å². The summed E-state index contributed by atoms with van der Waals surface area (Å²) in [7, 11) is -2.82.